The van der Waals surface area contributed by atoms with Crippen LogP contribution in [0.25, 0.3) is 0 Å². The van der Waals surface area contributed by atoms with Crippen molar-refractivity contribution in [1.82, 2.24) is 4.98 Å². The summed E-state index contributed by atoms with van der Waals surface area (Å²) in [7, 11) is 2.07. The number of pyridine rings is 1. The average Bonchev–Trinajstić information content (AvgIpc) is 2.52. The molecule has 0 aliphatic carbocycles. The Morgan fingerprint density at radius 3 is 2.26 bits per heavy atom. The van der Waals surface area contributed by atoms with E-state index in [1.807, 2.05) is 40.0 Å². The monoisotopic (exact) mass is 256 g/mol. The number of benzene rings is 1. The van der Waals surface area contributed by atoms with Crippen molar-refractivity contribution < 1.29 is 0 Å². The Hall–Kier alpha value is -1.83. The number of rotatable bonds is 0. The average molecular weight is 256 g/mol. The third-order valence-corrected chi connectivity index (χ3v) is 2.92. The summed E-state index contributed by atoms with van der Waals surface area (Å²) in [5.41, 5.74) is 3.95. The molecule has 0 fully saturated rings. The van der Waals surface area contributed by atoms with Crippen LogP contribution < -0.4 is 4.90 Å². The molecule has 2 heteroatoms. The number of para-hydroxylation sites is 1. The normalized spacial score (nSPS) is 11.1. The van der Waals surface area contributed by atoms with Crippen molar-refractivity contribution in [3.8, 4) is 0 Å². The van der Waals surface area contributed by atoms with Crippen molar-refractivity contribution in [1.29, 1.82) is 0 Å². The van der Waals surface area contributed by atoms with E-state index in [9.17, 15) is 0 Å². The minimum atomic E-state index is 0.990. The van der Waals surface area contributed by atoms with Crippen LogP contribution in [-0.4, -0.2) is 12.0 Å². The molecule has 0 spiro atoms. The van der Waals surface area contributed by atoms with Crippen LogP contribution in [0.2, 0.25) is 0 Å². The molecular weight excluding hydrogens is 232 g/mol. The minimum Gasteiger partial charge on any atom is -0.329 e. The summed E-state index contributed by atoms with van der Waals surface area (Å²) in [6.07, 6.45) is 2.84. The van der Waals surface area contributed by atoms with Crippen molar-refractivity contribution in [2.75, 3.05) is 11.9 Å². The third-order valence-electron chi connectivity index (χ3n) is 2.92. The summed E-state index contributed by atoms with van der Waals surface area (Å²) < 4.78 is 0. The minimum absolute atomic E-state index is 0.990. The van der Waals surface area contributed by atoms with E-state index in [2.05, 4.69) is 47.3 Å². The second kappa shape index (κ2) is 7.57. The van der Waals surface area contributed by atoms with Gasteiger partial charge < -0.3 is 4.90 Å². The lowest BCUT2D eigenvalue weighted by atomic mass is 9.99. The Morgan fingerprint density at radius 2 is 1.53 bits per heavy atom. The third kappa shape index (κ3) is 3.14. The molecule has 0 saturated heterocycles. The van der Waals surface area contributed by atoms with Crippen LogP contribution in [0.4, 0.5) is 11.5 Å². The van der Waals surface area contributed by atoms with Gasteiger partial charge in [0, 0.05) is 25.4 Å². The standard InChI is InChI=1S/C13H12N2.2C2H6/c1-15-12-7-3-2-5-10(12)9-11-6-4-8-14-13(11)15;2*1-2/h2-8H,9H2,1H3;2*1-2H3. The van der Waals surface area contributed by atoms with E-state index >= 15 is 0 Å². The fourth-order valence-electron chi connectivity index (χ4n) is 2.18. The number of hydrogen-bond acceptors (Lipinski definition) is 2. The van der Waals surface area contributed by atoms with E-state index < -0.39 is 0 Å². The summed E-state index contributed by atoms with van der Waals surface area (Å²) in [4.78, 5) is 6.59. The summed E-state index contributed by atoms with van der Waals surface area (Å²) in [5, 5.41) is 0. The fraction of sp³-hybridized carbons (Fsp3) is 0.353. The van der Waals surface area contributed by atoms with Crippen LogP contribution in [0.5, 0.6) is 0 Å². The van der Waals surface area contributed by atoms with Gasteiger partial charge in [0.05, 0.1) is 0 Å². The van der Waals surface area contributed by atoms with E-state index in [0.29, 0.717) is 0 Å². The number of anilines is 2. The second-order valence-corrected chi connectivity index (χ2v) is 3.85. The molecule has 0 saturated carbocycles. The highest BCUT2D eigenvalue weighted by Gasteiger charge is 2.19. The van der Waals surface area contributed by atoms with Crippen LogP contribution >= 0.6 is 0 Å². The van der Waals surface area contributed by atoms with Crippen molar-refractivity contribution >= 4 is 11.5 Å². The maximum absolute atomic E-state index is 4.43. The van der Waals surface area contributed by atoms with Gasteiger partial charge >= 0.3 is 0 Å². The van der Waals surface area contributed by atoms with E-state index in [-0.39, 0.29) is 0 Å². The maximum atomic E-state index is 4.43. The van der Waals surface area contributed by atoms with Crippen molar-refractivity contribution in [3.63, 3.8) is 0 Å². The summed E-state index contributed by atoms with van der Waals surface area (Å²) in [6, 6.07) is 12.6. The Bertz CT molecular complexity index is 461. The summed E-state index contributed by atoms with van der Waals surface area (Å²) in [5.74, 6) is 1.08. The molecule has 0 bridgehead atoms. The Balaban J connectivity index is 0.000000415. The van der Waals surface area contributed by atoms with Crippen molar-refractivity contribution in [2.24, 2.45) is 0 Å². The number of fused-ring (bicyclic) bond motifs is 2. The Labute approximate surface area is 117 Å². The van der Waals surface area contributed by atoms with Gasteiger partial charge in [0.1, 0.15) is 5.82 Å². The van der Waals surface area contributed by atoms with Gasteiger partial charge in [0.25, 0.3) is 0 Å². The molecular formula is C17H24N2. The van der Waals surface area contributed by atoms with Gasteiger partial charge in [0.2, 0.25) is 0 Å². The first-order chi connectivity index (χ1) is 9.36. The second-order valence-electron chi connectivity index (χ2n) is 3.85. The largest absolute Gasteiger partial charge is 0.329 e. The molecule has 1 aliphatic heterocycles. The first-order valence-corrected chi connectivity index (χ1v) is 7.12. The number of nitrogens with zero attached hydrogens (tertiary/aromatic N) is 2. The molecule has 0 atom stereocenters. The molecule has 1 aliphatic rings. The number of hydrogen-bond donors (Lipinski definition) is 0. The Kier molecular flexibility index (Phi) is 6.07. The molecule has 0 radical (unpaired) electrons. The van der Waals surface area contributed by atoms with E-state index in [1.54, 1.807) is 0 Å². The summed E-state index contributed by atoms with van der Waals surface area (Å²) >= 11 is 0. The molecule has 2 aromatic rings. The lowest BCUT2D eigenvalue weighted by Gasteiger charge is -2.28. The molecule has 2 heterocycles. The van der Waals surface area contributed by atoms with Gasteiger partial charge in [-0.2, -0.15) is 0 Å². The lowest BCUT2D eigenvalue weighted by Crippen LogP contribution is -2.19. The predicted molar refractivity (Wildman–Crippen MR) is 84.2 cm³/mol. The molecule has 1 aromatic heterocycles. The SMILES string of the molecule is CC.CC.CN1c2ccccc2Cc2cccnc21. The fourth-order valence-corrected chi connectivity index (χ4v) is 2.18. The van der Waals surface area contributed by atoms with Gasteiger partial charge in [0.15, 0.2) is 0 Å². The van der Waals surface area contributed by atoms with Crippen molar-refractivity contribution in [3.05, 3.63) is 53.7 Å². The van der Waals surface area contributed by atoms with E-state index in [4.69, 9.17) is 0 Å². The lowest BCUT2D eigenvalue weighted by molar-refractivity contribution is 1.01. The smallest absolute Gasteiger partial charge is 0.136 e. The molecule has 0 N–H and O–H groups in total. The van der Waals surface area contributed by atoms with Crippen LogP contribution in [0.1, 0.15) is 38.8 Å². The molecule has 19 heavy (non-hydrogen) atoms. The molecule has 1 aromatic carbocycles. The zero-order valence-electron chi connectivity index (χ0n) is 12.6. The quantitative estimate of drug-likeness (QED) is 0.672. The van der Waals surface area contributed by atoms with E-state index in [0.717, 1.165) is 12.2 Å². The highest BCUT2D eigenvalue weighted by Crippen LogP contribution is 2.35. The molecule has 0 amide bonds. The first-order valence-electron chi connectivity index (χ1n) is 7.12. The molecule has 2 nitrogen and oxygen atoms in total. The van der Waals surface area contributed by atoms with Gasteiger partial charge in [-0.3, -0.25) is 0 Å². The molecule has 102 valence electrons. The van der Waals surface area contributed by atoms with Gasteiger partial charge in [-0.15, -0.1) is 0 Å². The topological polar surface area (TPSA) is 16.1 Å². The Morgan fingerprint density at radius 1 is 0.895 bits per heavy atom. The maximum Gasteiger partial charge on any atom is 0.136 e. The van der Waals surface area contributed by atoms with Crippen LogP contribution in [0.15, 0.2) is 42.6 Å². The number of aromatic nitrogens is 1. The van der Waals surface area contributed by atoms with E-state index in [1.165, 1.54) is 16.8 Å². The van der Waals surface area contributed by atoms with Crippen LogP contribution in [0.3, 0.4) is 0 Å². The zero-order valence-corrected chi connectivity index (χ0v) is 12.6. The van der Waals surface area contributed by atoms with Gasteiger partial charge in [-0.1, -0.05) is 52.0 Å². The zero-order chi connectivity index (χ0) is 14.3. The molecule has 0 unspecified atom stereocenters. The van der Waals surface area contributed by atoms with Crippen LogP contribution in [-0.2, 0) is 6.42 Å². The van der Waals surface area contributed by atoms with Gasteiger partial charge in [-0.05, 0) is 23.3 Å². The molecule has 3 rings (SSSR count). The van der Waals surface area contributed by atoms with Crippen LogP contribution in [0, 0.1) is 0 Å². The van der Waals surface area contributed by atoms with Crippen molar-refractivity contribution in [2.45, 2.75) is 34.1 Å². The van der Waals surface area contributed by atoms with Gasteiger partial charge in [-0.25, -0.2) is 4.98 Å². The first kappa shape index (κ1) is 15.2. The highest BCUT2D eigenvalue weighted by atomic mass is 15.2. The predicted octanol–water partition coefficient (Wildman–Crippen LogP) is 4.81. The summed E-state index contributed by atoms with van der Waals surface area (Å²) in [6.45, 7) is 8.00. The highest BCUT2D eigenvalue weighted by molar-refractivity contribution is 5.70.